The van der Waals surface area contributed by atoms with Gasteiger partial charge in [-0.3, -0.25) is 0 Å². The lowest BCUT2D eigenvalue weighted by molar-refractivity contribution is 0.612. The molecular weight excluding hydrogens is 226 g/mol. The van der Waals surface area contributed by atoms with Crippen LogP contribution in [-0.2, 0) is 6.42 Å². The highest BCUT2D eigenvalue weighted by Crippen LogP contribution is 2.09. The maximum absolute atomic E-state index is 5.85. The Morgan fingerprint density at radius 3 is 2.75 bits per heavy atom. The van der Waals surface area contributed by atoms with Gasteiger partial charge in [0, 0.05) is 18.8 Å². The van der Waals surface area contributed by atoms with Crippen molar-refractivity contribution in [2.24, 2.45) is 5.92 Å². The summed E-state index contributed by atoms with van der Waals surface area (Å²) in [5.41, 5.74) is 0. The zero-order valence-electron chi connectivity index (χ0n) is 9.13. The Hall–Kier alpha value is -1.49. The summed E-state index contributed by atoms with van der Waals surface area (Å²) >= 11 is 5.85. The third-order valence-corrected chi connectivity index (χ3v) is 2.11. The van der Waals surface area contributed by atoms with Gasteiger partial charge in [0.2, 0.25) is 5.28 Å². The van der Waals surface area contributed by atoms with Gasteiger partial charge in [-0.25, -0.2) is 9.67 Å². The van der Waals surface area contributed by atoms with E-state index in [4.69, 9.17) is 11.6 Å². The first-order chi connectivity index (χ1) is 7.65. The summed E-state index contributed by atoms with van der Waals surface area (Å²) in [4.78, 5) is 12.4. The molecule has 0 atom stereocenters. The molecule has 0 aliphatic heterocycles. The monoisotopic (exact) mass is 237 g/mol. The van der Waals surface area contributed by atoms with E-state index in [1.165, 1.54) is 0 Å². The molecule has 0 spiro atoms. The molecule has 0 N–H and O–H groups in total. The smallest absolute Gasteiger partial charge is 0.206 e. The molecule has 2 heterocycles. The van der Waals surface area contributed by atoms with Crippen LogP contribution in [0.1, 0.15) is 19.7 Å². The molecule has 0 unspecified atom stereocenters. The van der Waals surface area contributed by atoms with Gasteiger partial charge in [0.25, 0.3) is 5.95 Å². The van der Waals surface area contributed by atoms with Gasteiger partial charge in [-0.15, -0.1) is 0 Å². The molecule has 84 valence electrons. The van der Waals surface area contributed by atoms with Crippen molar-refractivity contribution in [3.8, 4) is 5.95 Å². The quantitative estimate of drug-likeness (QED) is 0.818. The van der Waals surface area contributed by atoms with Crippen molar-refractivity contribution in [2.45, 2.75) is 20.3 Å². The van der Waals surface area contributed by atoms with E-state index < -0.39 is 0 Å². The van der Waals surface area contributed by atoms with Crippen LogP contribution in [0.3, 0.4) is 0 Å². The lowest BCUT2D eigenvalue weighted by atomic mass is 10.1. The van der Waals surface area contributed by atoms with Crippen molar-refractivity contribution in [1.29, 1.82) is 0 Å². The predicted molar refractivity (Wildman–Crippen MR) is 60.5 cm³/mol. The van der Waals surface area contributed by atoms with E-state index in [0.717, 1.165) is 6.42 Å². The summed E-state index contributed by atoms with van der Waals surface area (Å²) in [6, 6.07) is 1.81. The van der Waals surface area contributed by atoms with Crippen LogP contribution < -0.4 is 0 Å². The van der Waals surface area contributed by atoms with E-state index in [2.05, 4.69) is 33.9 Å². The maximum Gasteiger partial charge on any atom is 0.255 e. The second-order valence-corrected chi connectivity index (χ2v) is 4.21. The minimum Gasteiger partial charge on any atom is -0.206 e. The standard InChI is InChI=1S/C10H12ClN5/c1-7(2)6-8-13-9(11)15-10(14-8)16-5-3-4-12-16/h3-5,7H,6H2,1-2H3. The number of aromatic nitrogens is 5. The molecular formula is C10H12ClN5. The van der Waals surface area contributed by atoms with E-state index in [1.807, 2.05) is 0 Å². The Labute approximate surface area is 98.5 Å². The van der Waals surface area contributed by atoms with Crippen molar-refractivity contribution in [2.75, 3.05) is 0 Å². The molecule has 0 bridgehead atoms. The van der Waals surface area contributed by atoms with Crippen molar-refractivity contribution in [1.82, 2.24) is 24.7 Å². The highest BCUT2D eigenvalue weighted by Gasteiger charge is 2.08. The molecule has 2 rings (SSSR count). The molecule has 0 amide bonds. The number of rotatable bonds is 3. The molecule has 0 saturated carbocycles. The fraction of sp³-hybridized carbons (Fsp3) is 0.400. The van der Waals surface area contributed by atoms with Crippen LogP contribution in [0.2, 0.25) is 5.28 Å². The Morgan fingerprint density at radius 2 is 2.12 bits per heavy atom. The zero-order chi connectivity index (χ0) is 11.5. The summed E-state index contributed by atoms with van der Waals surface area (Å²) in [7, 11) is 0. The summed E-state index contributed by atoms with van der Waals surface area (Å²) < 4.78 is 1.57. The largest absolute Gasteiger partial charge is 0.255 e. The van der Waals surface area contributed by atoms with Gasteiger partial charge in [-0.05, 0) is 23.6 Å². The molecule has 0 radical (unpaired) electrons. The molecule has 5 nitrogen and oxygen atoms in total. The maximum atomic E-state index is 5.85. The van der Waals surface area contributed by atoms with Crippen molar-refractivity contribution >= 4 is 11.6 Å². The first-order valence-electron chi connectivity index (χ1n) is 5.05. The highest BCUT2D eigenvalue weighted by atomic mass is 35.5. The third-order valence-electron chi connectivity index (χ3n) is 1.94. The molecule has 2 aromatic rings. The fourth-order valence-electron chi connectivity index (χ4n) is 1.33. The molecule has 0 aromatic carbocycles. The van der Waals surface area contributed by atoms with Gasteiger partial charge in [-0.2, -0.15) is 15.1 Å². The van der Waals surface area contributed by atoms with Crippen LogP contribution in [0.4, 0.5) is 0 Å². The number of hydrogen-bond acceptors (Lipinski definition) is 4. The predicted octanol–water partition coefficient (Wildman–Crippen LogP) is 1.91. The van der Waals surface area contributed by atoms with Gasteiger partial charge in [0.15, 0.2) is 0 Å². The van der Waals surface area contributed by atoms with Crippen LogP contribution >= 0.6 is 11.6 Å². The summed E-state index contributed by atoms with van der Waals surface area (Å²) in [5.74, 6) is 1.63. The van der Waals surface area contributed by atoms with Gasteiger partial charge in [0.1, 0.15) is 5.82 Å². The second-order valence-electron chi connectivity index (χ2n) is 3.87. The summed E-state index contributed by atoms with van der Waals surface area (Å²) in [6.07, 6.45) is 4.21. The Bertz CT molecular complexity index is 466. The second kappa shape index (κ2) is 4.57. The highest BCUT2D eigenvalue weighted by molar-refractivity contribution is 6.28. The normalized spacial score (nSPS) is 11.0. The van der Waals surface area contributed by atoms with E-state index in [0.29, 0.717) is 17.7 Å². The zero-order valence-corrected chi connectivity index (χ0v) is 9.89. The molecule has 2 aromatic heterocycles. The van der Waals surface area contributed by atoms with Gasteiger partial charge < -0.3 is 0 Å². The minimum absolute atomic E-state index is 0.205. The molecule has 0 aliphatic rings. The molecule has 0 saturated heterocycles. The number of halogens is 1. The van der Waals surface area contributed by atoms with Crippen LogP contribution in [0.25, 0.3) is 5.95 Å². The fourth-order valence-corrected chi connectivity index (χ4v) is 1.50. The van der Waals surface area contributed by atoms with Crippen LogP contribution in [-0.4, -0.2) is 24.7 Å². The molecule has 6 heteroatoms. The Balaban J connectivity index is 2.36. The SMILES string of the molecule is CC(C)Cc1nc(Cl)nc(-n2cccn2)n1. The lowest BCUT2D eigenvalue weighted by Crippen LogP contribution is -2.08. The van der Waals surface area contributed by atoms with Gasteiger partial charge >= 0.3 is 0 Å². The molecule has 0 aliphatic carbocycles. The van der Waals surface area contributed by atoms with Gasteiger partial charge in [-0.1, -0.05) is 13.8 Å². The van der Waals surface area contributed by atoms with E-state index in [9.17, 15) is 0 Å². The van der Waals surface area contributed by atoms with Crippen LogP contribution in [0.15, 0.2) is 18.5 Å². The van der Waals surface area contributed by atoms with Gasteiger partial charge in [0.05, 0.1) is 0 Å². The Morgan fingerprint density at radius 1 is 1.31 bits per heavy atom. The van der Waals surface area contributed by atoms with Crippen molar-refractivity contribution in [3.05, 3.63) is 29.6 Å². The number of nitrogens with zero attached hydrogens (tertiary/aromatic N) is 5. The summed E-state index contributed by atoms with van der Waals surface area (Å²) in [6.45, 7) is 4.20. The van der Waals surface area contributed by atoms with Crippen LogP contribution in [0, 0.1) is 5.92 Å². The Kier molecular flexibility index (Phi) is 3.14. The first-order valence-corrected chi connectivity index (χ1v) is 5.43. The topological polar surface area (TPSA) is 56.5 Å². The first kappa shape index (κ1) is 11.0. The average molecular weight is 238 g/mol. The molecule has 0 fully saturated rings. The lowest BCUT2D eigenvalue weighted by Gasteiger charge is -2.05. The third kappa shape index (κ3) is 2.55. The van der Waals surface area contributed by atoms with Crippen molar-refractivity contribution in [3.63, 3.8) is 0 Å². The van der Waals surface area contributed by atoms with Crippen molar-refractivity contribution < 1.29 is 0 Å². The molecule has 16 heavy (non-hydrogen) atoms. The average Bonchev–Trinajstić information content (AvgIpc) is 2.67. The summed E-state index contributed by atoms with van der Waals surface area (Å²) in [5, 5.41) is 4.26. The minimum atomic E-state index is 0.205. The van der Waals surface area contributed by atoms with E-state index in [-0.39, 0.29) is 5.28 Å². The number of hydrogen-bond donors (Lipinski definition) is 0. The van der Waals surface area contributed by atoms with E-state index >= 15 is 0 Å². The van der Waals surface area contributed by atoms with Crippen LogP contribution in [0.5, 0.6) is 0 Å². The van der Waals surface area contributed by atoms with E-state index in [1.54, 1.807) is 23.1 Å².